The van der Waals surface area contributed by atoms with Gasteiger partial charge in [-0.2, -0.15) is 4.98 Å². The summed E-state index contributed by atoms with van der Waals surface area (Å²) in [5.74, 6) is 0.383. The summed E-state index contributed by atoms with van der Waals surface area (Å²) in [6, 6.07) is 0.325. The topological polar surface area (TPSA) is 90.8 Å². The highest BCUT2D eigenvalue weighted by Gasteiger charge is 2.35. The minimum atomic E-state index is -1.06. The highest BCUT2D eigenvalue weighted by atomic mass is 16.5. The van der Waals surface area contributed by atoms with E-state index >= 15 is 0 Å². The Kier molecular flexibility index (Phi) is 5.62. The van der Waals surface area contributed by atoms with Gasteiger partial charge >= 0.3 is 5.97 Å². The van der Waals surface area contributed by atoms with Gasteiger partial charge in [-0.25, -0.2) is 4.98 Å². The van der Waals surface area contributed by atoms with E-state index in [0.717, 1.165) is 26.1 Å². The van der Waals surface area contributed by atoms with E-state index < -0.39 is 11.4 Å². The number of likely N-dealkylation sites (tertiary alicyclic amines) is 1. The van der Waals surface area contributed by atoms with E-state index in [0.29, 0.717) is 49.7 Å². The van der Waals surface area contributed by atoms with E-state index in [-0.39, 0.29) is 0 Å². The van der Waals surface area contributed by atoms with Crippen molar-refractivity contribution in [3.05, 3.63) is 11.8 Å². The molecular weight excluding hydrogens is 334 g/mol. The minimum absolute atomic E-state index is 0.325. The van der Waals surface area contributed by atoms with Gasteiger partial charge in [-0.05, 0) is 26.8 Å². The highest BCUT2D eigenvalue weighted by Crippen LogP contribution is 2.32. The molecule has 8 heteroatoms. The second kappa shape index (κ2) is 7.75. The van der Waals surface area contributed by atoms with Crippen molar-refractivity contribution in [1.29, 1.82) is 0 Å². The number of carbonyl (C=O) groups is 1. The van der Waals surface area contributed by atoms with Crippen molar-refractivity contribution in [3.63, 3.8) is 0 Å². The third kappa shape index (κ3) is 3.91. The highest BCUT2D eigenvalue weighted by molar-refractivity contribution is 5.82. The number of hydrogen-bond donors (Lipinski definition) is 2. The molecule has 8 nitrogen and oxygen atoms in total. The number of carboxylic acids is 1. The van der Waals surface area contributed by atoms with Crippen molar-refractivity contribution in [1.82, 2.24) is 14.9 Å². The second-order valence-electron chi connectivity index (χ2n) is 7.48. The number of carboxylic acid groups (broad SMARTS) is 1. The van der Waals surface area contributed by atoms with Gasteiger partial charge in [-0.15, -0.1) is 0 Å². The molecule has 3 rings (SSSR count). The van der Waals surface area contributed by atoms with Gasteiger partial charge in [-0.3, -0.25) is 4.79 Å². The molecule has 2 aliphatic heterocycles. The maximum Gasteiger partial charge on any atom is 0.313 e. The first-order chi connectivity index (χ1) is 12.4. The monoisotopic (exact) mass is 363 g/mol. The molecule has 0 unspecified atom stereocenters. The van der Waals surface area contributed by atoms with Gasteiger partial charge in [0.05, 0.1) is 18.6 Å². The number of likely N-dealkylation sites (N-methyl/N-ethyl adjacent to an activating group) is 1. The Balaban J connectivity index is 1.87. The van der Waals surface area contributed by atoms with Crippen molar-refractivity contribution in [2.24, 2.45) is 0 Å². The molecule has 3 heterocycles. The molecule has 144 valence electrons. The van der Waals surface area contributed by atoms with Crippen LogP contribution in [0.3, 0.4) is 0 Å². The first-order valence-electron chi connectivity index (χ1n) is 9.34. The van der Waals surface area contributed by atoms with Crippen LogP contribution in [-0.2, 0) is 14.9 Å². The third-order valence-electron chi connectivity index (χ3n) is 5.34. The molecule has 0 radical (unpaired) electrons. The van der Waals surface area contributed by atoms with Gasteiger partial charge in [-0.1, -0.05) is 6.92 Å². The lowest BCUT2D eigenvalue weighted by atomic mass is 9.85. The largest absolute Gasteiger partial charge is 0.481 e. The van der Waals surface area contributed by atoms with E-state index in [1.165, 1.54) is 0 Å². The maximum atomic E-state index is 11.8. The van der Waals surface area contributed by atoms with Crippen LogP contribution in [0.15, 0.2) is 6.20 Å². The standard InChI is InChI=1S/C18H29N5O3/c1-4-22-6-5-13(12-22)20-17-19-11-14(18(2,3)16(24)25)15(21-17)23-7-9-26-10-8-23/h11,13H,4-10,12H2,1-3H3,(H,24,25)(H,19,20,21)/t13-/m0/s1. The molecule has 0 saturated carbocycles. The van der Waals surface area contributed by atoms with Crippen LogP contribution in [0.2, 0.25) is 0 Å². The molecule has 0 amide bonds. The number of nitrogens with one attached hydrogen (secondary N) is 1. The smallest absolute Gasteiger partial charge is 0.313 e. The third-order valence-corrected chi connectivity index (χ3v) is 5.34. The Hall–Kier alpha value is -1.93. The summed E-state index contributed by atoms with van der Waals surface area (Å²) in [4.78, 5) is 25.4. The zero-order valence-electron chi connectivity index (χ0n) is 15.9. The van der Waals surface area contributed by atoms with E-state index in [9.17, 15) is 9.90 Å². The minimum Gasteiger partial charge on any atom is -0.481 e. The van der Waals surface area contributed by atoms with Gasteiger partial charge in [0.1, 0.15) is 5.82 Å². The molecule has 0 aromatic carbocycles. The number of rotatable bonds is 6. The van der Waals surface area contributed by atoms with Crippen LogP contribution >= 0.6 is 0 Å². The lowest BCUT2D eigenvalue weighted by molar-refractivity contribution is -0.142. The molecule has 26 heavy (non-hydrogen) atoms. The molecule has 2 N–H and O–H groups in total. The number of morpholine rings is 1. The lowest BCUT2D eigenvalue weighted by Crippen LogP contribution is -2.40. The summed E-state index contributed by atoms with van der Waals surface area (Å²) in [6.07, 6.45) is 2.73. The Labute approximate surface area is 154 Å². The molecule has 0 spiro atoms. The van der Waals surface area contributed by atoms with E-state index in [4.69, 9.17) is 9.72 Å². The number of nitrogens with zero attached hydrogens (tertiary/aromatic N) is 4. The van der Waals surface area contributed by atoms with Crippen LogP contribution in [0.5, 0.6) is 0 Å². The molecule has 2 aliphatic rings. The Morgan fingerprint density at radius 1 is 1.38 bits per heavy atom. The van der Waals surface area contributed by atoms with Gasteiger partial charge in [0.25, 0.3) is 0 Å². The van der Waals surface area contributed by atoms with Crippen molar-refractivity contribution < 1.29 is 14.6 Å². The summed E-state index contributed by atoms with van der Waals surface area (Å²) in [7, 11) is 0. The van der Waals surface area contributed by atoms with Gasteiger partial charge in [0.15, 0.2) is 0 Å². The van der Waals surface area contributed by atoms with Crippen molar-refractivity contribution in [2.45, 2.75) is 38.6 Å². The maximum absolute atomic E-state index is 11.8. The lowest BCUT2D eigenvalue weighted by Gasteiger charge is -2.32. The summed E-state index contributed by atoms with van der Waals surface area (Å²) in [5, 5.41) is 13.1. The van der Waals surface area contributed by atoms with Crippen molar-refractivity contribution in [2.75, 3.05) is 56.2 Å². The SMILES string of the molecule is CCN1CC[C@H](Nc2ncc(C(C)(C)C(=O)O)c(N3CCOCC3)n2)C1. The molecule has 1 atom stereocenters. The first kappa shape index (κ1) is 18.8. The van der Waals surface area contributed by atoms with Crippen molar-refractivity contribution in [3.8, 4) is 0 Å². The molecule has 1 aromatic rings. The molecule has 0 bridgehead atoms. The fourth-order valence-electron chi connectivity index (χ4n) is 3.43. The van der Waals surface area contributed by atoms with E-state index in [1.54, 1.807) is 20.0 Å². The average Bonchev–Trinajstić information content (AvgIpc) is 3.09. The van der Waals surface area contributed by atoms with Crippen molar-refractivity contribution >= 4 is 17.7 Å². The van der Waals surface area contributed by atoms with Crippen LogP contribution in [0.25, 0.3) is 0 Å². The molecular formula is C18H29N5O3. The summed E-state index contributed by atoms with van der Waals surface area (Å²) < 4.78 is 5.43. The zero-order chi connectivity index (χ0) is 18.7. The quantitative estimate of drug-likeness (QED) is 0.779. The van der Waals surface area contributed by atoms with Gasteiger partial charge in [0.2, 0.25) is 5.95 Å². The Morgan fingerprint density at radius 2 is 2.12 bits per heavy atom. The van der Waals surface area contributed by atoms with Crippen LogP contribution in [0.4, 0.5) is 11.8 Å². The predicted octanol–water partition coefficient (Wildman–Crippen LogP) is 1.18. The number of hydrogen-bond acceptors (Lipinski definition) is 7. The summed E-state index contributed by atoms with van der Waals surface area (Å²) in [5.41, 5.74) is -0.419. The number of aromatic nitrogens is 2. The van der Waals surface area contributed by atoms with E-state index in [2.05, 4.69) is 27.0 Å². The summed E-state index contributed by atoms with van der Waals surface area (Å²) in [6.45, 7) is 11.3. The van der Waals surface area contributed by atoms with E-state index in [1.807, 2.05) is 0 Å². The number of aliphatic carboxylic acids is 1. The molecule has 1 aromatic heterocycles. The number of ether oxygens (including phenoxy) is 1. The predicted molar refractivity (Wildman–Crippen MR) is 99.9 cm³/mol. The summed E-state index contributed by atoms with van der Waals surface area (Å²) >= 11 is 0. The van der Waals surface area contributed by atoms with Crippen LogP contribution < -0.4 is 10.2 Å². The number of anilines is 2. The first-order valence-corrected chi connectivity index (χ1v) is 9.34. The average molecular weight is 363 g/mol. The van der Waals surface area contributed by atoms with Crippen LogP contribution in [0.1, 0.15) is 32.8 Å². The molecule has 0 aliphatic carbocycles. The van der Waals surface area contributed by atoms with Gasteiger partial charge < -0.3 is 25.0 Å². The fourth-order valence-corrected chi connectivity index (χ4v) is 3.43. The van der Waals surface area contributed by atoms with Crippen LogP contribution in [-0.4, -0.2) is 77.9 Å². The zero-order valence-corrected chi connectivity index (χ0v) is 15.9. The Bertz CT molecular complexity index is 646. The fraction of sp³-hybridized carbons (Fsp3) is 0.722. The molecule has 2 fully saturated rings. The Morgan fingerprint density at radius 3 is 2.73 bits per heavy atom. The van der Waals surface area contributed by atoms with Crippen LogP contribution in [0, 0.1) is 0 Å². The normalized spacial score (nSPS) is 21.8. The van der Waals surface area contributed by atoms with Gasteiger partial charge in [0, 0.05) is 44.0 Å². The molecule has 2 saturated heterocycles. The second-order valence-corrected chi connectivity index (χ2v) is 7.48.